The average Bonchev–Trinajstić information content (AvgIpc) is 2.24. The molecule has 2 aliphatic heterocycles. The van der Waals surface area contributed by atoms with Crippen molar-refractivity contribution < 1.29 is 0 Å². The van der Waals surface area contributed by atoms with Crippen molar-refractivity contribution in [2.24, 2.45) is 0 Å². The van der Waals surface area contributed by atoms with Crippen molar-refractivity contribution >= 4 is 0 Å². The highest BCUT2D eigenvalue weighted by Gasteiger charge is 2.38. The molecule has 2 rings (SSSR count). The van der Waals surface area contributed by atoms with E-state index in [0.717, 1.165) is 18.1 Å². The van der Waals surface area contributed by atoms with Gasteiger partial charge in [-0.1, -0.05) is 13.3 Å². The first kappa shape index (κ1) is 12.3. The fourth-order valence-electron chi connectivity index (χ4n) is 3.52. The van der Waals surface area contributed by atoms with E-state index in [0.29, 0.717) is 0 Å². The Morgan fingerprint density at radius 1 is 1.19 bits per heavy atom. The SMILES string of the molecule is CCCNC1CC2CCCC(C1)N2N(C)C. The van der Waals surface area contributed by atoms with Gasteiger partial charge in [0.15, 0.2) is 0 Å². The summed E-state index contributed by atoms with van der Waals surface area (Å²) in [6, 6.07) is 2.35. The van der Waals surface area contributed by atoms with Crippen LogP contribution in [0, 0.1) is 0 Å². The predicted octanol–water partition coefficient (Wildman–Crippen LogP) is 1.85. The third kappa shape index (κ3) is 2.58. The molecule has 3 nitrogen and oxygen atoms in total. The normalized spacial score (nSPS) is 35.6. The molecule has 2 unspecified atom stereocenters. The molecule has 0 amide bonds. The van der Waals surface area contributed by atoms with E-state index in [-0.39, 0.29) is 0 Å². The zero-order valence-electron chi connectivity index (χ0n) is 11.1. The van der Waals surface area contributed by atoms with Crippen LogP contribution in [0.3, 0.4) is 0 Å². The first-order chi connectivity index (χ1) is 7.72. The van der Waals surface area contributed by atoms with E-state index in [1.165, 1.54) is 45.1 Å². The Morgan fingerprint density at radius 3 is 2.31 bits per heavy atom. The Morgan fingerprint density at radius 2 is 1.81 bits per heavy atom. The first-order valence-electron chi connectivity index (χ1n) is 6.91. The highest BCUT2D eigenvalue weighted by Crippen LogP contribution is 2.34. The first-order valence-corrected chi connectivity index (χ1v) is 6.91. The van der Waals surface area contributed by atoms with E-state index in [2.05, 4.69) is 36.4 Å². The molecule has 0 aliphatic carbocycles. The fourth-order valence-corrected chi connectivity index (χ4v) is 3.52. The molecular weight excluding hydrogens is 198 g/mol. The number of nitrogens with zero attached hydrogens (tertiary/aromatic N) is 2. The van der Waals surface area contributed by atoms with Gasteiger partial charge in [-0.3, -0.25) is 0 Å². The molecule has 0 aromatic rings. The highest BCUT2D eigenvalue weighted by atomic mass is 15.6. The fraction of sp³-hybridized carbons (Fsp3) is 1.00. The lowest BCUT2D eigenvalue weighted by Gasteiger charge is -2.51. The molecule has 2 heterocycles. The Balaban J connectivity index is 1.95. The van der Waals surface area contributed by atoms with Gasteiger partial charge in [0.1, 0.15) is 0 Å². The summed E-state index contributed by atoms with van der Waals surface area (Å²) < 4.78 is 0. The Labute approximate surface area is 100 Å². The summed E-state index contributed by atoms with van der Waals surface area (Å²) in [6.45, 7) is 3.44. The third-order valence-electron chi connectivity index (χ3n) is 4.08. The molecule has 2 atom stereocenters. The maximum absolute atomic E-state index is 3.71. The second-order valence-corrected chi connectivity index (χ2v) is 5.59. The van der Waals surface area contributed by atoms with Gasteiger partial charge in [-0.15, -0.1) is 0 Å². The number of hydrazine groups is 1. The molecule has 16 heavy (non-hydrogen) atoms. The van der Waals surface area contributed by atoms with Crippen LogP contribution >= 0.6 is 0 Å². The van der Waals surface area contributed by atoms with Crippen molar-refractivity contribution in [2.75, 3.05) is 20.6 Å². The lowest BCUT2D eigenvalue weighted by atomic mass is 9.83. The summed E-state index contributed by atoms with van der Waals surface area (Å²) >= 11 is 0. The average molecular weight is 225 g/mol. The highest BCUT2D eigenvalue weighted by molar-refractivity contribution is 4.93. The van der Waals surface area contributed by atoms with Crippen molar-refractivity contribution in [1.82, 2.24) is 15.3 Å². The summed E-state index contributed by atoms with van der Waals surface area (Å²) in [5, 5.41) is 8.67. The number of hydrogen-bond donors (Lipinski definition) is 1. The van der Waals surface area contributed by atoms with Crippen molar-refractivity contribution in [3.8, 4) is 0 Å². The summed E-state index contributed by atoms with van der Waals surface area (Å²) in [4.78, 5) is 0. The summed E-state index contributed by atoms with van der Waals surface area (Å²) in [7, 11) is 4.40. The topological polar surface area (TPSA) is 18.5 Å². The Hall–Kier alpha value is -0.120. The molecule has 0 saturated carbocycles. The quantitative estimate of drug-likeness (QED) is 0.788. The number of piperidine rings is 2. The van der Waals surface area contributed by atoms with E-state index in [1.807, 2.05) is 0 Å². The summed E-state index contributed by atoms with van der Waals surface area (Å²) in [5.74, 6) is 0. The van der Waals surface area contributed by atoms with Gasteiger partial charge in [-0.05, 0) is 38.6 Å². The molecule has 2 aliphatic rings. The second-order valence-electron chi connectivity index (χ2n) is 5.59. The summed E-state index contributed by atoms with van der Waals surface area (Å²) in [6.07, 6.45) is 8.14. The molecular formula is C13H27N3. The largest absolute Gasteiger partial charge is 0.314 e. The van der Waals surface area contributed by atoms with Gasteiger partial charge in [0.05, 0.1) is 0 Å². The number of rotatable bonds is 4. The molecule has 3 heteroatoms. The standard InChI is InChI=1S/C13H27N3/c1-4-8-14-11-9-12-6-5-7-13(10-11)16(12)15(2)3/h11-14H,4-10H2,1-3H3. The van der Waals surface area contributed by atoms with Gasteiger partial charge in [-0.25, -0.2) is 10.0 Å². The van der Waals surface area contributed by atoms with Crippen molar-refractivity contribution in [1.29, 1.82) is 0 Å². The number of hydrogen-bond acceptors (Lipinski definition) is 3. The Kier molecular flexibility index (Phi) is 4.22. The van der Waals surface area contributed by atoms with Crippen LogP contribution in [0.4, 0.5) is 0 Å². The van der Waals surface area contributed by atoms with E-state index in [4.69, 9.17) is 0 Å². The van der Waals surface area contributed by atoms with Gasteiger partial charge < -0.3 is 5.32 Å². The third-order valence-corrected chi connectivity index (χ3v) is 4.08. The maximum Gasteiger partial charge on any atom is 0.0263 e. The zero-order chi connectivity index (χ0) is 11.5. The molecule has 0 spiro atoms. The van der Waals surface area contributed by atoms with Gasteiger partial charge in [0.25, 0.3) is 0 Å². The van der Waals surface area contributed by atoms with Gasteiger partial charge in [0, 0.05) is 32.2 Å². The lowest BCUT2D eigenvalue weighted by molar-refractivity contribution is -0.112. The van der Waals surface area contributed by atoms with Crippen LogP contribution in [-0.2, 0) is 0 Å². The smallest absolute Gasteiger partial charge is 0.0263 e. The van der Waals surface area contributed by atoms with Gasteiger partial charge in [0.2, 0.25) is 0 Å². The van der Waals surface area contributed by atoms with Crippen LogP contribution in [0.1, 0.15) is 45.4 Å². The van der Waals surface area contributed by atoms with Crippen LogP contribution in [0.5, 0.6) is 0 Å². The minimum atomic E-state index is 0.770. The van der Waals surface area contributed by atoms with Gasteiger partial charge >= 0.3 is 0 Å². The molecule has 0 aromatic carbocycles. The van der Waals surface area contributed by atoms with Crippen LogP contribution in [0.15, 0.2) is 0 Å². The molecule has 2 fully saturated rings. The minimum Gasteiger partial charge on any atom is -0.314 e. The van der Waals surface area contributed by atoms with Crippen LogP contribution < -0.4 is 5.32 Å². The van der Waals surface area contributed by atoms with Crippen molar-refractivity contribution in [3.63, 3.8) is 0 Å². The Bertz CT molecular complexity index is 203. The van der Waals surface area contributed by atoms with Crippen molar-refractivity contribution in [2.45, 2.75) is 63.6 Å². The zero-order valence-corrected chi connectivity index (χ0v) is 11.1. The molecule has 2 bridgehead atoms. The molecule has 0 radical (unpaired) electrons. The maximum atomic E-state index is 3.71. The molecule has 1 N–H and O–H groups in total. The second kappa shape index (κ2) is 5.48. The minimum absolute atomic E-state index is 0.770. The lowest BCUT2D eigenvalue weighted by Crippen LogP contribution is -2.60. The molecule has 0 aromatic heterocycles. The summed E-state index contributed by atoms with van der Waals surface area (Å²) in [5.41, 5.74) is 0. The van der Waals surface area contributed by atoms with E-state index >= 15 is 0 Å². The van der Waals surface area contributed by atoms with E-state index < -0.39 is 0 Å². The van der Waals surface area contributed by atoms with E-state index in [1.54, 1.807) is 0 Å². The van der Waals surface area contributed by atoms with Crippen LogP contribution in [-0.4, -0.2) is 48.8 Å². The monoisotopic (exact) mass is 225 g/mol. The van der Waals surface area contributed by atoms with Gasteiger partial charge in [-0.2, -0.15) is 0 Å². The van der Waals surface area contributed by atoms with Crippen molar-refractivity contribution in [3.05, 3.63) is 0 Å². The van der Waals surface area contributed by atoms with Crippen LogP contribution in [0.2, 0.25) is 0 Å². The molecule has 94 valence electrons. The number of fused-ring (bicyclic) bond motifs is 2. The predicted molar refractivity (Wildman–Crippen MR) is 68.3 cm³/mol. The van der Waals surface area contributed by atoms with E-state index in [9.17, 15) is 0 Å². The van der Waals surface area contributed by atoms with Crippen LogP contribution in [0.25, 0.3) is 0 Å². The molecule has 2 saturated heterocycles. The number of nitrogens with one attached hydrogen (secondary N) is 1.